The van der Waals surface area contributed by atoms with Gasteiger partial charge < -0.3 is 0 Å². The predicted octanol–water partition coefficient (Wildman–Crippen LogP) is 11.4. The summed E-state index contributed by atoms with van der Waals surface area (Å²) < 4.78 is 3.88. The first-order valence-corrected chi connectivity index (χ1v) is 17.7. The van der Waals surface area contributed by atoms with Crippen LogP contribution in [0.4, 0.5) is 0 Å². The van der Waals surface area contributed by atoms with Gasteiger partial charge in [-0.1, -0.05) is 57.2 Å². The second-order valence-corrected chi connectivity index (χ2v) is 14.0. The quantitative estimate of drug-likeness (QED) is 0.116. The number of alkyl halides is 2. The molecule has 0 aliphatic rings. The Balaban J connectivity index is 0.00000134. The Morgan fingerprint density at radius 1 is 0.410 bits per heavy atom. The van der Waals surface area contributed by atoms with Gasteiger partial charge in [0.05, 0.1) is 5.34 Å². The summed E-state index contributed by atoms with van der Waals surface area (Å²) >= 11 is 16.7. The van der Waals surface area contributed by atoms with Crippen LogP contribution in [0.25, 0.3) is 0 Å². The van der Waals surface area contributed by atoms with E-state index in [1.807, 2.05) is 0 Å². The second-order valence-electron chi connectivity index (χ2n) is 9.44. The van der Waals surface area contributed by atoms with E-state index in [1.54, 1.807) is 33.4 Å². The third-order valence-corrected chi connectivity index (χ3v) is 9.29. The summed E-state index contributed by atoms with van der Waals surface area (Å²) in [5.74, 6) is 0. The molecule has 206 valence electrons. The van der Waals surface area contributed by atoms with E-state index >= 15 is 0 Å². The summed E-state index contributed by atoms with van der Waals surface area (Å²) in [6, 6.07) is 27.3. The molecule has 0 spiro atoms. The molecule has 4 rings (SSSR count). The van der Waals surface area contributed by atoms with E-state index in [9.17, 15) is 0 Å². The molecule has 0 nitrogen and oxygen atoms in total. The molecule has 0 atom stereocenters. The summed E-state index contributed by atoms with van der Waals surface area (Å²) in [5, 5.41) is 0.194. The van der Waals surface area contributed by atoms with Crippen LogP contribution >= 0.6 is 91.0 Å². The van der Waals surface area contributed by atoms with Crippen molar-refractivity contribution in [3.63, 3.8) is 0 Å². The third-order valence-electron chi connectivity index (χ3n) is 7.13. The number of benzene rings is 4. The fraction of sp³-hybridized carbons (Fsp3) is 0.294. The number of rotatable bonds is 9. The van der Waals surface area contributed by atoms with Gasteiger partial charge in [0, 0.05) is 10.7 Å². The smallest absolute Gasteiger partial charge is 0.0967 e. The Kier molecular flexibility index (Phi) is 14.4. The first-order chi connectivity index (χ1) is 18.8. The van der Waals surface area contributed by atoms with E-state index in [1.165, 1.54) is 27.4 Å². The molecule has 0 N–H and O–H groups in total. The number of hydrogen-bond donors (Lipinski definition) is 0. The highest BCUT2D eigenvalue weighted by Crippen LogP contribution is 2.35. The van der Waals surface area contributed by atoms with Crippen molar-refractivity contribution in [2.24, 2.45) is 0 Å². The van der Waals surface area contributed by atoms with Crippen LogP contribution in [0.5, 0.6) is 0 Å². The van der Waals surface area contributed by atoms with Crippen LogP contribution in [-0.2, 0) is 38.5 Å². The van der Waals surface area contributed by atoms with E-state index in [0.29, 0.717) is 0 Å². The van der Waals surface area contributed by atoms with Crippen molar-refractivity contribution >= 4 is 91.0 Å². The lowest BCUT2D eigenvalue weighted by atomic mass is 9.78. The molecular weight excluding hydrogens is 860 g/mol. The number of hydrogen-bond acceptors (Lipinski definition) is 0. The molecule has 4 aromatic rings. The first-order valence-electron chi connectivity index (χ1n) is 13.4. The van der Waals surface area contributed by atoms with Crippen LogP contribution in [0.2, 0.25) is 0 Å². The normalized spacial score (nSPS) is 10.8. The molecule has 0 fully saturated rings. The maximum absolute atomic E-state index is 4.76. The molecule has 0 aliphatic heterocycles. The zero-order valence-electron chi connectivity index (χ0n) is 22.8. The van der Waals surface area contributed by atoms with E-state index < -0.39 is 0 Å². The molecular formula is C34H35Cl2I3. The SMILES string of the molecule is CCc1c(Cc2ccc(I)cc2)c(CC)c(Cc2ccc(I)cc2)c(CC)c1Cc1ccc(I)cc1.ClCCl. The highest BCUT2D eigenvalue weighted by molar-refractivity contribution is 14.1. The molecule has 39 heavy (non-hydrogen) atoms. The van der Waals surface area contributed by atoms with Crippen molar-refractivity contribution < 1.29 is 0 Å². The largest absolute Gasteiger partial charge is 0.109 e. The van der Waals surface area contributed by atoms with Crippen molar-refractivity contribution in [3.8, 4) is 0 Å². The highest BCUT2D eigenvalue weighted by atomic mass is 127. The van der Waals surface area contributed by atoms with Crippen molar-refractivity contribution in [1.82, 2.24) is 0 Å². The summed E-state index contributed by atoms with van der Waals surface area (Å²) in [5.41, 5.74) is 13.7. The predicted molar refractivity (Wildman–Crippen MR) is 197 cm³/mol. The lowest BCUT2D eigenvalue weighted by Crippen LogP contribution is -2.14. The van der Waals surface area contributed by atoms with Gasteiger partial charge in [0.15, 0.2) is 0 Å². The molecule has 0 bridgehead atoms. The molecule has 0 saturated heterocycles. The average Bonchev–Trinajstić information content (AvgIpc) is 2.93. The Hall–Kier alpha value is -0.350. The third kappa shape index (κ3) is 9.32. The monoisotopic (exact) mass is 894 g/mol. The molecule has 0 amide bonds. The van der Waals surface area contributed by atoms with Crippen LogP contribution in [0.15, 0.2) is 72.8 Å². The van der Waals surface area contributed by atoms with Gasteiger partial charge in [-0.2, -0.15) is 0 Å². The minimum Gasteiger partial charge on any atom is -0.109 e. The van der Waals surface area contributed by atoms with Crippen molar-refractivity contribution in [2.45, 2.75) is 59.3 Å². The Labute approximate surface area is 286 Å². The highest BCUT2D eigenvalue weighted by Gasteiger charge is 2.22. The summed E-state index contributed by atoms with van der Waals surface area (Å²) in [4.78, 5) is 0. The Bertz CT molecular complexity index is 1140. The van der Waals surface area contributed by atoms with Gasteiger partial charge in [-0.3, -0.25) is 0 Å². The Morgan fingerprint density at radius 2 is 0.615 bits per heavy atom. The van der Waals surface area contributed by atoms with Crippen LogP contribution < -0.4 is 0 Å². The molecule has 0 heterocycles. The van der Waals surface area contributed by atoms with Gasteiger partial charge in [0.1, 0.15) is 0 Å². The van der Waals surface area contributed by atoms with E-state index in [0.717, 1.165) is 38.5 Å². The first kappa shape index (κ1) is 33.2. The molecule has 0 aliphatic carbocycles. The standard InChI is InChI=1S/C33H33I3.CH2Cl2/c1-4-28-31(19-22-7-13-25(34)14-8-22)29(5-2)33(21-24-11-17-27(36)18-12-24)30(6-3)32(28)20-23-9-15-26(35)16-10-23;2-1-3/h7-18H,4-6,19-21H2,1-3H3;1H2. The van der Waals surface area contributed by atoms with E-state index in [4.69, 9.17) is 23.2 Å². The fourth-order valence-corrected chi connectivity index (χ4v) is 6.51. The molecule has 0 unspecified atom stereocenters. The minimum absolute atomic E-state index is 0.194. The lowest BCUT2D eigenvalue weighted by molar-refractivity contribution is 0.899. The number of halogens is 5. The maximum Gasteiger partial charge on any atom is 0.0967 e. The maximum atomic E-state index is 4.76. The van der Waals surface area contributed by atoms with Gasteiger partial charge in [0.25, 0.3) is 0 Å². The van der Waals surface area contributed by atoms with Crippen LogP contribution in [-0.4, -0.2) is 5.34 Å². The van der Waals surface area contributed by atoms with Gasteiger partial charge >= 0.3 is 0 Å². The Morgan fingerprint density at radius 3 is 0.795 bits per heavy atom. The van der Waals surface area contributed by atoms with Gasteiger partial charge in [0.2, 0.25) is 0 Å². The molecule has 0 aromatic heterocycles. The van der Waals surface area contributed by atoms with Crippen LogP contribution in [0, 0.1) is 10.7 Å². The van der Waals surface area contributed by atoms with Crippen molar-refractivity contribution in [2.75, 3.05) is 5.34 Å². The topological polar surface area (TPSA) is 0 Å². The molecule has 5 heteroatoms. The van der Waals surface area contributed by atoms with Crippen molar-refractivity contribution in [1.29, 1.82) is 0 Å². The van der Waals surface area contributed by atoms with E-state index in [2.05, 4.69) is 161 Å². The van der Waals surface area contributed by atoms with Crippen molar-refractivity contribution in [3.05, 3.63) is 134 Å². The van der Waals surface area contributed by atoms with Gasteiger partial charge in [-0.05, 0) is 193 Å². The second kappa shape index (κ2) is 16.9. The van der Waals surface area contributed by atoms with E-state index in [-0.39, 0.29) is 5.34 Å². The van der Waals surface area contributed by atoms with Crippen LogP contribution in [0.3, 0.4) is 0 Å². The summed E-state index contributed by atoms with van der Waals surface area (Å²) in [6.07, 6.45) is 6.24. The summed E-state index contributed by atoms with van der Waals surface area (Å²) in [6.45, 7) is 7.05. The fourth-order valence-electron chi connectivity index (χ4n) is 5.43. The molecule has 4 aromatic carbocycles. The molecule has 0 saturated carbocycles. The molecule has 0 radical (unpaired) electrons. The zero-order chi connectivity index (χ0) is 28.4. The van der Waals surface area contributed by atoms with Gasteiger partial charge in [-0.15, -0.1) is 23.2 Å². The minimum atomic E-state index is 0.194. The van der Waals surface area contributed by atoms with Gasteiger partial charge in [-0.25, -0.2) is 0 Å². The lowest BCUT2D eigenvalue weighted by Gasteiger charge is -2.27. The summed E-state index contributed by atoms with van der Waals surface area (Å²) in [7, 11) is 0. The average molecular weight is 895 g/mol. The zero-order valence-corrected chi connectivity index (χ0v) is 30.8. The van der Waals surface area contributed by atoms with Crippen LogP contribution in [0.1, 0.15) is 70.8 Å².